The van der Waals surface area contributed by atoms with Gasteiger partial charge in [-0.05, 0) is 80.1 Å². The molecule has 1 saturated heterocycles. The Morgan fingerprint density at radius 1 is 0.895 bits per heavy atom. The van der Waals surface area contributed by atoms with Gasteiger partial charge in [0.25, 0.3) is 8.32 Å². The highest BCUT2D eigenvalue weighted by atomic mass is 28.4. The maximum atomic E-state index is 12.8. The van der Waals surface area contributed by atoms with Crippen molar-refractivity contribution < 1.29 is 14.0 Å². The molecule has 1 aliphatic heterocycles. The Morgan fingerprint density at radius 3 is 2.05 bits per heavy atom. The monoisotopic (exact) mass is 530 g/mol. The lowest BCUT2D eigenvalue weighted by Crippen LogP contribution is -2.70. The molecule has 2 fully saturated rings. The van der Waals surface area contributed by atoms with Gasteiger partial charge < -0.3 is 9.16 Å². The van der Waals surface area contributed by atoms with E-state index < -0.39 is 13.9 Å². The summed E-state index contributed by atoms with van der Waals surface area (Å²) in [6, 6.07) is 21.8. The Morgan fingerprint density at radius 2 is 1.50 bits per heavy atom. The van der Waals surface area contributed by atoms with Gasteiger partial charge in [-0.3, -0.25) is 4.79 Å². The number of Topliss-reactive ketones (excluding diaryl/α,β-unsaturated/α-hetero) is 1. The Bertz CT molecular complexity index is 1110. The van der Waals surface area contributed by atoms with Crippen molar-refractivity contribution in [3.05, 3.63) is 72.8 Å². The van der Waals surface area contributed by atoms with Gasteiger partial charge >= 0.3 is 0 Å². The third-order valence-corrected chi connectivity index (χ3v) is 14.8. The molecule has 0 aromatic heterocycles. The number of ether oxygens (including phenoxy) is 1. The van der Waals surface area contributed by atoms with Crippen LogP contribution in [0.15, 0.2) is 72.8 Å². The number of hydrogen-bond acceptors (Lipinski definition) is 3. The molecule has 0 N–H and O–H groups in total. The molecule has 0 bridgehead atoms. The van der Waals surface area contributed by atoms with Crippen molar-refractivity contribution in [3.8, 4) is 0 Å². The number of ketones is 1. The molecule has 5 atom stereocenters. The molecular formula is C34H46O3Si. The molecular weight excluding hydrogens is 484 g/mol. The summed E-state index contributed by atoms with van der Waals surface area (Å²) in [7, 11) is -2.68. The summed E-state index contributed by atoms with van der Waals surface area (Å²) in [4.78, 5) is 12.8. The summed E-state index contributed by atoms with van der Waals surface area (Å²) < 4.78 is 14.8. The van der Waals surface area contributed by atoms with E-state index in [0.29, 0.717) is 24.0 Å². The predicted octanol–water partition coefficient (Wildman–Crippen LogP) is 6.84. The van der Waals surface area contributed by atoms with Crippen molar-refractivity contribution >= 4 is 24.5 Å². The molecule has 0 unspecified atom stereocenters. The molecule has 3 aliphatic rings. The number of rotatable bonds is 5. The lowest BCUT2D eigenvalue weighted by molar-refractivity contribution is -0.237. The molecule has 3 nitrogen and oxygen atoms in total. The van der Waals surface area contributed by atoms with E-state index in [1.807, 2.05) is 0 Å². The quantitative estimate of drug-likeness (QED) is 0.314. The van der Waals surface area contributed by atoms with Crippen LogP contribution in [0.2, 0.25) is 5.04 Å². The van der Waals surface area contributed by atoms with Crippen LogP contribution in [0.5, 0.6) is 0 Å². The zero-order valence-electron chi connectivity index (χ0n) is 24.2. The second-order valence-electron chi connectivity index (χ2n) is 13.6. The summed E-state index contributed by atoms with van der Waals surface area (Å²) in [5, 5.41) is 2.55. The van der Waals surface area contributed by atoms with Gasteiger partial charge in [-0.2, -0.15) is 0 Å². The lowest BCUT2D eigenvalue weighted by Gasteiger charge is -2.56. The Balaban J connectivity index is 1.49. The van der Waals surface area contributed by atoms with Crippen molar-refractivity contribution in [2.75, 3.05) is 0 Å². The van der Waals surface area contributed by atoms with E-state index in [9.17, 15) is 4.79 Å². The van der Waals surface area contributed by atoms with E-state index in [0.717, 1.165) is 32.1 Å². The molecule has 1 heterocycles. The molecule has 0 radical (unpaired) electrons. The third kappa shape index (κ3) is 4.78. The lowest BCUT2D eigenvalue weighted by atomic mass is 9.61. The van der Waals surface area contributed by atoms with E-state index in [1.165, 1.54) is 10.4 Å². The molecule has 2 aromatic rings. The normalized spacial score (nSPS) is 31.6. The maximum Gasteiger partial charge on any atom is 0.261 e. The maximum absolute atomic E-state index is 12.8. The van der Waals surface area contributed by atoms with Crippen LogP contribution in [0.4, 0.5) is 0 Å². The first-order chi connectivity index (χ1) is 18.0. The SMILES string of the molecule is CC1(C)O[C@](C)([C@@H]2CCC(=O)[C@H]3CCC=C[C@H]32)CC[C@@H]1O[Si](c1ccccc1)(c1ccccc1)C(C)(C)C. The zero-order chi connectivity index (χ0) is 27.2. The van der Waals surface area contributed by atoms with Crippen LogP contribution in [0, 0.1) is 17.8 Å². The molecule has 0 amide bonds. The van der Waals surface area contributed by atoms with Crippen molar-refractivity contribution in [1.29, 1.82) is 0 Å². The van der Waals surface area contributed by atoms with E-state index in [-0.39, 0.29) is 22.7 Å². The first kappa shape index (κ1) is 27.5. The first-order valence-electron chi connectivity index (χ1n) is 14.7. The summed E-state index contributed by atoms with van der Waals surface area (Å²) in [6.07, 6.45) is 10.2. The van der Waals surface area contributed by atoms with E-state index >= 15 is 0 Å². The summed E-state index contributed by atoms with van der Waals surface area (Å²) in [5.74, 6) is 1.31. The van der Waals surface area contributed by atoms with Crippen LogP contribution in [0.25, 0.3) is 0 Å². The van der Waals surface area contributed by atoms with E-state index in [4.69, 9.17) is 9.16 Å². The number of hydrogen-bond donors (Lipinski definition) is 0. The number of fused-ring (bicyclic) bond motifs is 1. The first-order valence-corrected chi connectivity index (χ1v) is 16.6. The van der Waals surface area contributed by atoms with Gasteiger partial charge in [0.05, 0.1) is 17.3 Å². The van der Waals surface area contributed by atoms with E-state index in [2.05, 4.69) is 114 Å². The number of carbonyl (C=O) groups is 1. The minimum atomic E-state index is -2.68. The van der Waals surface area contributed by atoms with Gasteiger partial charge in [-0.1, -0.05) is 93.6 Å². The van der Waals surface area contributed by atoms with Crippen LogP contribution in [-0.2, 0) is 14.0 Å². The Kier molecular flexibility index (Phi) is 7.39. The van der Waals surface area contributed by atoms with Crippen LogP contribution in [0.1, 0.15) is 80.1 Å². The fourth-order valence-corrected chi connectivity index (χ4v) is 12.7. The minimum Gasteiger partial charge on any atom is -0.402 e. The Hall–Kier alpha value is -2.01. The number of allylic oxidation sites excluding steroid dienone is 2. The van der Waals surface area contributed by atoms with Gasteiger partial charge in [0, 0.05) is 12.3 Å². The summed E-state index contributed by atoms with van der Waals surface area (Å²) in [6.45, 7) is 13.8. The minimum absolute atomic E-state index is 0.0233. The van der Waals surface area contributed by atoms with Crippen molar-refractivity contribution in [2.45, 2.75) is 102 Å². The molecule has 0 spiro atoms. The largest absolute Gasteiger partial charge is 0.402 e. The highest BCUT2D eigenvalue weighted by Crippen LogP contribution is 2.51. The van der Waals surface area contributed by atoms with Crippen molar-refractivity contribution in [1.82, 2.24) is 0 Å². The molecule has 2 aliphatic carbocycles. The third-order valence-electron chi connectivity index (χ3n) is 9.74. The molecule has 204 valence electrons. The molecule has 2 aromatic carbocycles. The number of benzene rings is 2. The fourth-order valence-electron chi connectivity index (χ4n) is 7.88. The molecule has 5 rings (SSSR count). The standard InChI is InChI=1S/C34H46O3Si/c1-32(2,3)38(25-15-9-7-10-16-25,26-17-11-8-12-18-26)36-31-23-24-34(6,37-33(31,4)5)29-21-22-30(35)28-20-14-13-19-27(28)29/h7-13,15-19,27-29,31H,14,20-24H2,1-6H3/t27-,28+,29-,31+,34+/m1/s1. The highest BCUT2D eigenvalue weighted by Gasteiger charge is 2.57. The van der Waals surface area contributed by atoms with Gasteiger partial charge in [0.1, 0.15) is 5.78 Å². The van der Waals surface area contributed by atoms with E-state index in [1.54, 1.807) is 0 Å². The van der Waals surface area contributed by atoms with Crippen LogP contribution < -0.4 is 10.4 Å². The topological polar surface area (TPSA) is 35.5 Å². The summed E-state index contributed by atoms with van der Waals surface area (Å²) in [5.41, 5.74) is -0.713. The van der Waals surface area contributed by atoms with Gasteiger partial charge in [0.2, 0.25) is 0 Å². The molecule has 1 saturated carbocycles. The van der Waals surface area contributed by atoms with Crippen LogP contribution in [0.3, 0.4) is 0 Å². The highest BCUT2D eigenvalue weighted by molar-refractivity contribution is 6.99. The molecule has 38 heavy (non-hydrogen) atoms. The van der Waals surface area contributed by atoms with Crippen molar-refractivity contribution in [2.24, 2.45) is 17.8 Å². The zero-order valence-corrected chi connectivity index (χ0v) is 25.2. The van der Waals surface area contributed by atoms with Crippen LogP contribution in [-0.4, -0.2) is 31.4 Å². The van der Waals surface area contributed by atoms with Gasteiger partial charge in [-0.15, -0.1) is 0 Å². The fraction of sp³-hybridized carbons (Fsp3) is 0.559. The predicted molar refractivity (Wildman–Crippen MR) is 158 cm³/mol. The van der Waals surface area contributed by atoms with Crippen LogP contribution >= 0.6 is 0 Å². The average molecular weight is 531 g/mol. The second kappa shape index (κ2) is 10.2. The van der Waals surface area contributed by atoms with Gasteiger partial charge in [0.15, 0.2) is 0 Å². The number of carbonyl (C=O) groups excluding carboxylic acids is 1. The molecule has 4 heteroatoms. The Labute approximate surface area is 231 Å². The van der Waals surface area contributed by atoms with Gasteiger partial charge in [-0.25, -0.2) is 0 Å². The van der Waals surface area contributed by atoms with Crippen molar-refractivity contribution in [3.63, 3.8) is 0 Å². The second-order valence-corrected chi connectivity index (χ2v) is 17.9. The smallest absolute Gasteiger partial charge is 0.261 e. The average Bonchev–Trinajstić information content (AvgIpc) is 2.88. The summed E-state index contributed by atoms with van der Waals surface area (Å²) >= 11 is 0.